The van der Waals surface area contributed by atoms with E-state index in [0.29, 0.717) is 0 Å². The Morgan fingerprint density at radius 2 is 1.20 bits per heavy atom. The van der Waals surface area contributed by atoms with Crippen LogP contribution in [0.25, 0.3) is 0 Å². The fourth-order valence-electron chi connectivity index (χ4n) is 0.763. The van der Waals surface area contributed by atoms with Crippen molar-refractivity contribution in [3.05, 3.63) is 0 Å². The van der Waals surface area contributed by atoms with E-state index >= 15 is 0 Å². The van der Waals surface area contributed by atoms with Gasteiger partial charge in [0.05, 0.1) is 0 Å². The molecule has 0 amide bonds. The van der Waals surface area contributed by atoms with E-state index in [0.717, 1.165) is 11.8 Å². The first-order valence-corrected chi connectivity index (χ1v) is 3.94. The summed E-state index contributed by atoms with van der Waals surface area (Å²) in [7, 11) is 2.40. The van der Waals surface area contributed by atoms with Crippen LogP contribution in [0.5, 0.6) is 0 Å². The van der Waals surface area contributed by atoms with Crippen LogP contribution in [-0.4, -0.2) is 7.28 Å². The van der Waals surface area contributed by atoms with Crippen LogP contribution in [0.4, 0.5) is 0 Å². The van der Waals surface area contributed by atoms with Gasteiger partial charge in [-0.05, 0) is 0 Å². The van der Waals surface area contributed by atoms with Crippen LogP contribution in [0.15, 0.2) is 0 Å². The van der Waals surface area contributed by atoms with Gasteiger partial charge >= 0.3 is 18.9 Å². The van der Waals surface area contributed by atoms with E-state index in [1.165, 1.54) is 12.6 Å². The zero-order valence-corrected chi connectivity index (χ0v) is 8.15. The fourth-order valence-corrected chi connectivity index (χ4v) is 0.763. The van der Waals surface area contributed by atoms with Gasteiger partial charge in [0.15, 0.2) is 0 Å². The predicted octanol–water partition coefficient (Wildman–Crippen LogP) is -0.157. The van der Waals surface area contributed by atoms with Crippen LogP contribution in [-0.2, 0) is 0 Å². The minimum Gasteiger partial charge on any atom is -0.336 e. The van der Waals surface area contributed by atoms with E-state index in [1.807, 2.05) is 0 Å². The summed E-state index contributed by atoms with van der Waals surface area (Å²) in [6.07, 6.45) is 2.55. The van der Waals surface area contributed by atoms with Gasteiger partial charge in [-0.25, -0.2) is 12.6 Å². The first-order chi connectivity index (χ1) is 4.13. The average molecular weight is 132 g/mol. The van der Waals surface area contributed by atoms with Crippen molar-refractivity contribution in [3.8, 4) is 0 Å². The fraction of sp³-hybridized carbons (Fsp3) is 1.00. The minimum absolute atomic E-state index is 0. The van der Waals surface area contributed by atoms with Gasteiger partial charge in [0.25, 0.3) is 0 Å². The Bertz CT molecular complexity index is 54.3. The maximum absolute atomic E-state index is 2.40. The number of rotatable bonds is 4. The smallest absolute Gasteiger partial charge is 0.336 e. The van der Waals surface area contributed by atoms with Crippen molar-refractivity contribution < 1.29 is 18.9 Å². The molecular weight excluding hydrogens is 114 g/mol. The second-order valence-corrected chi connectivity index (χ2v) is 3.55. The van der Waals surface area contributed by atoms with Gasteiger partial charge in [-0.3, -0.25) is 0 Å². The monoisotopic (exact) mass is 132 g/mol. The predicted molar refractivity (Wildman–Crippen MR) is 45.0 cm³/mol. The molecule has 0 aliphatic rings. The molecule has 0 aliphatic carbocycles. The van der Waals surface area contributed by atoms with E-state index in [-0.39, 0.29) is 18.9 Å². The van der Waals surface area contributed by atoms with Gasteiger partial charge < -0.3 is 7.28 Å². The van der Waals surface area contributed by atoms with E-state index in [1.54, 1.807) is 0 Å². The molecule has 0 aliphatic heterocycles. The van der Waals surface area contributed by atoms with Gasteiger partial charge in [-0.2, -0.15) is 0 Å². The molecule has 0 N–H and O–H groups in total. The van der Waals surface area contributed by atoms with Gasteiger partial charge in [0.2, 0.25) is 0 Å². The van der Waals surface area contributed by atoms with Crippen LogP contribution < -0.4 is 18.9 Å². The normalized spacial score (nSPS) is 10.2. The van der Waals surface area contributed by atoms with Crippen molar-refractivity contribution in [2.24, 2.45) is 11.8 Å². The van der Waals surface area contributed by atoms with Crippen molar-refractivity contribution in [2.45, 2.75) is 40.3 Å². The molecule has 0 aromatic heterocycles. The second-order valence-electron chi connectivity index (χ2n) is 3.55. The first-order valence-electron chi connectivity index (χ1n) is 3.94. The Morgan fingerprint density at radius 3 is 1.40 bits per heavy atom. The maximum Gasteiger partial charge on any atom is 1.00 e. The molecule has 54 valence electrons. The van der Waals surface area contributed by atoms with Gasteiger partial charge in [0, 0.05) is 0 Å². The molecule has 0 spiro atoms. The molecule has 10 heavy (non-hydrogen) atoms. The molecule has 0 aromatic carbocycles. The van der Waals surface area contributed by atoms with Crippen molar-refractivity contribution in [3.63, 3.8) is 0 Å². The quantitative estimate of drug-likeness (QED) is 0.466. The molecule has 0 rings (SSSR count). The Morgan fingerprint density at radius 1 is 0.900 bits per heavy atom. The summed E-state index contributed by atoms with van der Waals surface area (Å²) >= 11 is 0. The number of hydrogen-bond acceptors (Lipinski definition) is 0. The standard InChI is InChI=1S/C8H18B.Li/c1-7(2)5-9-6-8(3)4;/h7-8H,5-6H2,1-4H3;/q-1;+1. The Labute approximate surface area is 78.6 Å². The van der Waals surface area contributed by atoms with Crippen LogP contribution in [0, 0.1) is 11.8 Å². The molecule has 0 bridgehead atoms. The summed E-state index contributed by atoms with van der Waals surface area (Å²) in [6, 6.07) is 0. The third kappa shape index (κ3) is 11.5. The Hall–Kier alpha value is 0.662. The van der Waals surface area contributed by atoms with Crippen LogP contribution in [0.1, 0.15) is 27.7 Å². The SMILES string of the molecule is CC(C)C[B-]CC(C)C.[Li+]. The molecule has 2 heteroatoms. The maximum atomic E-state index is 2.40. The van der Waals surface area contributed by atoms with Gasteiger partial charge in [0.1, 0.15) is 0 Å². The van der Waals surface area contributed by atoms with Crippen molar-refractivity contribution in [1.82, 2.24) is 0 Å². The molecule has 0 heterocycles. The molecule has 2 radical (unpaired) electrons. The molecule has 0 nitrogen and oxygen atoms in total. The third-order valence-electron chi connectivity index (χ3n) is 1.28. The molecule has 0 fully saturated rings. The topological polar surface area (TPSA) is 0 Å². The molecular formula is C8H18BLi. The van der Waals surface area contributed by atoms with Crippen LogP contribution >= 0.6 is 0 Å². The molecule has 0 unspecified atom stereocenters. The summed E-state index contributed by atoms with van der Waals surface area (Å²) in [6.45, 7) is 9.04. The van der Waals surface area contributed by atoms with Crippen LogP contribution in [0.2, 0.25) is 12.6 Å². The molecule has 0 saturated carbocycles. The van der Waals surface area contributed by atoms with Crippen molar-refractivity contribution >= 4 is 7.28 Å². The Kier molecular flexibility index (Phi) is 10.3. The zero-order chi connectivity index (χ0) is 7.28. The van der Waals surface area contributed by atoms with Crippen molar-refractivity contribution in [2.75, 3.05) is 0 Å². The van der Waals surface area contributed by atoms with Gasteiger partial charge in [-0.15, -0.1) is 0 Å². The summed E-state index contributed by atoms with van der Waals surface area (Å²) < 4.78 is 0. The van der Waals surface area contributed by atoms with E-state index in [4.69, 9.17) is 0 Å². The molecule has 0 aromatic rings. The Balaban J connectivity index is 0. The van der Waals surface area contributed by atoms with Gasteiger partial charge in [-0.1, -0.05) is 39.5 Å². The summed E-state index contributed by atoms with van der Waals surface area (Å²) in [5, 5.41) is 0. The summed E-state index contributed by atoms with van der Waals surface area (Å²) in [5.41, 5.74) is 0. The molecule has 0 saturated heterocycles. The van der Waals surface area contributed by atoms with E-state index in [2.05, 4.69) is 35.0 Å². The number of hydrogen-bond donors (Lipinski definition) is 0. The first kappa shape index (κ1) is 13.3. The largest absolute Gasteiger partial charge is 1.00 e. The summed E-state index contributed by atoms with van der Waals surface area (Å²) in [5.74, 6) is 1.67. The minimum atomic E-state index is 0. The zero-order valence-electron chi connectivity index (χ0n) is 8.15. The average Bonchev–Trinajstić information content (AvgIpc) is 1.63. The van der Waals surface area contributed by atoms with E-state index in [9.17, 15) is 0 Å². The second kappa shape index (κ2) is 7.77. The third-order valence-corrected chi connectivity index (χ3v) is 1.28. The van der Waals surface area contributed by atoms with Crippen molar-refractivity contribution in [1.29, 1.82) is 0 Å². The summed E-state index contributed by atoms with van der Waals surface area (Å²) in [4.78, 5) is 0. The van der Waals surface area contributed by atoms with E-state index < -0.39 is 0 Å². The van der Waals surface area contributed by atoms with Crippen LogP contribution in [0.3, 0.4) is 0 Å². The molecule has 0 atom stereocenters.